The van der Waals surface area contributed by atoms with Gasteiger partial charge in [-0.3, -0.25) is 4.79 Å². The first-order chi connectivity index (χ1) is 13.1. The van der Waals surface area contributed by atoms with Crippen LogP contribution in [0.3, 0.4) is 0 Å². The molecule has 0 aliphatic carbocycles. The Bertz CT molecular complexity index is 923. The Morgan fingerprint density at radius 2 is 1.70 bits per heavy atom. The monoisotopic (exact) mass is 365 g/mol. The molecule has 0 atom stereocenters. The van der Waals surface area contributed by atoms with E-state index in [2.05, 4.69) is 20.0 Å². The average molecular weight is 365 g/mol. The van der Waals surface area contributed by atoms with Crippen LogP contribution in [-0.2, 0) is 11.3 Å². The molecule has 1 fully saturated rings. The van der Waals surface area contributed by atoms with Crippen molar-refractivity contribution >= 4 is 11.7 Å². The molecule has 3 aromatic rings. The fourth-order valence-electron chi connectivity index (χ4n) is 3.40. The van der Waals surface area contributed by atoms with Gasteiger partial charge in [0.25, 0.3) is 0 Å². The highest BCUT2D eigenvalue weighted by Crippen LogP contribution is 2.17. The second kappa shape index (κ2) is 7.22. The van der Waals surface area contributed by atoms with Gasteiger partial charge in [0.05, 0.1) is 5.69 Å². The molecule has 0 aromatic carbocycles. The van der Waals surface area contributed by atoms with E-state index in [1.165, 1.54) is 0 Å². The zero-order chi connectivity index (χ0) is 18.8. The zero-order valence-corrected chi connectivity index (χ0v) is 15.6. The molecule has 0 unspecified atom stereocenters. The Balaban J connectivity index is 1.42. The molecule has 0 spiro atoms. The Morgan fingerprint density at radius 3 is 2.37 bits per heavy atom. The third-order valence-electron chi connectivity index (χ3n) is 4.81. The molecule has 3 aromatic heterocycles. The van der Waals surface area contributed by atoms with E-state index in [1.807, 2.05) is 64.7 Å². The van der Waals surface area contributed by atoms with Gasteiger partial charge in [-0.1, -0.05) is 0 Å². The van der Waals surface area contributed by atoms with E-state index in [1.54, 1.807) is 6.33 Å². The molecule has 0 saturated carbocycles. The van der Waals surface area contributed by atoms with Crippen LogP contribution >= 0.6 is 0 Å². The number of anilines is 1. The van der Waals surface area contributed by atoms with Crippen molar-refractivity contribution in [3.8, 4) is 5.82 Å². The van der Waals surface area contributed by atoms with Crippen LogP contribution in [0.2, 0.25) is 0 Å². The number of hydrogen-bond donors (Lipinski definition) is 0. The Hall–Kier alpha value is -3.16. The maximum atomic E-state index is 12.4. The van der Waals surface area contributed by atoms with Gasteiger partial charge in [-0.25, -0.2) is 14.6 Å². The smallest absolute Gasteiger partial charge is 0.242 e. The number of aromatic nitrogens is 5. The second-order valence-corrected chi connectivity index (χ2v) is 6.80. The summed E-state index contributed by atoms with van der Waals surface area (Å²) in [6.07, 6.45) is 5.40. The Kier molecular flexibility index (Phi) is 4.62. The molecule has 27 heavy (non-hydrogen) atoms. The average Bonchev–Trinajstić information content (AvgIpc) is 3.31. The van der Waals surface area contributed by atoms with Crippen LogP contribution in [0.1, 0.15) is 11.4 Å². The molecule has 1 saturated heterocycles. The topological polar surface area (TPSA) is 72.1 Å². The number of carbonyl (C=O) groups is 1. The SMILES string of the molecule is Cc1cc(C)n(-c2cc(N3CCN(C(=O)Cn4cccc4)CC3)ncn2)n1. The quantitative estimate of drug-likeness (QED) is 0.699. The van der Waals surface area contributed by atoms with Crippen LogP contribution in [0.5, 0.6) is 0 Å². The fourth-order valence-corrected chi connectivity index (χ4v) is 3.40. The molecule has 140 valence electrons. The third kappa shape index (κ3) is 3.69. The highest BCUT2D eigenvalue weighted by molar-refractivity contribution is 5.76. The maximum absolute atomic E-state index is 12.4. The van der Waals surface area contributed by atoms with Gasteiger partial charge in [0.2, 0.25) is 5.91 Å². The van der Waals surface area contributed by atoms with Crippen molar-refractivity contribution in [3.63, 3.8) is 0 Å². The van der Waals surface area contributed by atoms with Crippen molar-refractivity contribution in [2.24, 2.45) is 0 Å². The summed E-state index contributed by atoms with van der Waals surface area (Å²) in [5.74, 6) is 1.78. The van der Waals surface area contributed by atoms with Gasteiger partial charge in [0.1, 0.15) is 18.7 Å². The van der Waals surface area contributed by atoms with Gasteiger partial charge in [-0.2, -0.15) is 5.10 Å². The summed E-state index contributed by atoms with van der Waals surface area (Å²) in [5, 5.41) is 4.49. The predicted octanol–water partition coefficient (Wildman–Crippen LogP) is 1.43. The van der Waals surface area contributed by atoms with Crippen LogP contribution in [0, 0.1) is 13.8 Å². The minimum atomic E-state index is 0.150. The van der Waals surface area contributed by atoms with E-state index in [0.717, 1.165) is 36.1 Å². The second-order valence-electron chi connectivity index (χ2n) is 6.80. The summed E-state index contributed by atoms with van der Waals surface area (Å²) in [4.78, 5) is 25.3. The lowest BCUT2D eigenvalue weighted by molar-refractivity contribution is -0.132. The van der Waals surface area contributed by atoms with Gasteiger partial charge in [0.15, 0.2) is 5.82 Å². The molecular weight excluding hydrogens is 342 g/mol. The number of nitrogens with zero attached hydrogens (tertiary/aromatic N) is 7. The molecule has 0 bridgehead atoms. The van der Waals surface area contributed by atoms with Crippen LogP contribution in [0.25, 0.3) is 5.82 Å². The number of piperazine rings is 1. The Morgan fingerprint density at radius 1 is 1.00 bits per heavy atom. The minimum absolute atomic E-state index is 0.150. The van der Waals surface area contributed by atoms with Gasteiger partial charge in [-0.05, 0) is 32.0 Å². The highest BCUT2D eigenvalue weighted by atomic mass is 16.2. The summed E-state index contributed by atoms with van der Waals surface area (Å²) < 4.78 is 3.73. The lowest BCUT2D eigenvalue weighted by Gasteiger charge is -2.35. The summed E-state index contributed by atoms with van der Waals surface area (Å²) >= 11 is 0. The van der Waals surface area contributed by atoms with Crippen molar-refractivity contribution in [1.29, 1.82) is 0 Å². The minimum Gasteiger partial charge on any atom is -0.353 e. The maximum Gasteiger partial charge on any atom is 0.242 e. The predicted molar refractivity (Wildman–Crippen MR) is 102 cm³/mol. The number of carbonyl (C=O) groups excluding carboxylic acids is 1. The molecular formula is C19H23N7O. The largest absolute Gasteiger partial charge is 0.353 e. The van der Waals surface area contributed by atoms with E-state index in [9.17, 15) is 4.79 Å². The van der Waals surface area contributed by atoms with Crippen molar-refractivity contribution in [2.45, 2.75) is 20.4 Å². The van der Waals surface area contributed by atoms with Crippen LogP contribution < -0.4 is 4.90 Å². The highest BCUT2D eigenvalue weighted by Gasteiger charge is 2.22. The number of aryl methyl sites for hydroxylation is 2. The lowest BCUT2D eigenvalue weighted by atomic mass is 10.3. The van der Waals surface area contributed by atoms with E-state index >= 15 is 0 Å². The first-order valence-corrected chi connectivity index (χ1v) is 9.09. The molecule has 1 aliphatic rings. The number of hydrogen-bond acceptors (Lipinski definition) is 5. The first kappa shape index (κ1) is 17.3. The molecule has 4 heterocycles. The fraction of sp³-hybridized carbons (Fsp3) is 0.368. The van der Waals surface area contributed by atoms with Crippen LogP contribution in [-0.4, -0.2) is 61.3 Å². The van der Waals surface area contributed by atoms with Gasteiger partial charge in [0, 0.05) is 50.3 Å². The van der Waals surface area contributed by atoms with Crippen LogP contribution in [0.15, 0.2) is 43.0 Å². The molecule has 0 radical (unpaired) electrons. The first-order valence-electron chi connectivity index (χ1n) is 9.09. The molecule has 4 rings (SSSR count). The summed E-state index contributed by atoms with van der Waals surface area (Å²) in [7, 11) is 0. The zero-order valence-electron chi connectivity index (χ0n) is 15.6. The molecule has 1 aliphatic heterocycles. The Labute approximate surface area is 158 Å². The number of amides is 1. The van der Waals surface area contributed by atoms with E-state index in [-0.39, 0.29) is 5.91 Å². The molecule has 8 heteroatoms. The van der Waals surface area contributed by atoms with Crippen LogP contribution in [0.4, 0.5) is 5.82 Å². The van der Waals surface area contributed by atoms with Crippen molar-refractivity contribution < 1.29 is 4.79 Å². The van der Waals surface area contributed by atoms with E-state index < -0.39 is 0 Å². The van der Waals surface area contributed by atoms with Gasteiger partial charge < -0.3 is 14.4 Å². The van der Waals surface area contributed by atoms with Gasteiger partial charge in [-0.15, -0.1) is 0 Å². The van der Waals surface area contributed by atoms with Gasteiger partial charge >= 0.3 is 0 Å². The summed E-state index contributed by atoms with van der Waals surface area (Å²) in [5.41, 5.74) is 2.00. The molecule has 1 amide bonds. The standard InChI is InChI=1S/C19H23N7O/c1-15-11-16(2)26(22-15)18-12-17(20-14-21-18)24-7-9-25(10-8-24)19(27)13-23-5-3-4-6-23/h3-6,11-12,14H,7-10,13H2,1-2H3. The lowest BCUT2D eigenvalue weighted by Crippen LogP contribution is -2.49. The van der Waals surface area contributed by atoms with Crippen molar-refractivity contribution in [3.05, 3.63) is 54.4 Å². The van der Waals surface area contributed by atoms with E-state index in [4.69, 9.17) is 0 Å². The van der Waals surface area contributed by atoms with E-state index in [0.29, 0.717) is 19.6 Å². The number of rotatable bonds is 4. The molecule has 0 N–H and O–H groups in total. The summed E-state index contributed by atoms with van der Waals surface area (Å²) in [6, 6.07) is 7.84. The third-order valence-corrected chi connectivity index (χ3v) is 4.81. The van der Waals surface area contributed by atoms with Crippen molar-refractivity contribution in [2.75, 3.05) is 31.1 Å². The van der Waals surface area contributed by atoms with Crippen molar-refractivity contribution in [1.82, 2.24) is 29.2 Å². The normalized spacial score (nSPS) is 14.6. The summed E-state index contributed by atoms with van der Waals surface area (Å²) in [6.45, 7) is 7.27. The molecule has 8 nitrogen and oxygen atoms in total.